The van der Waals surface area contributed by atoms with Crippen molar-refractivity contribution in [1.29, 1.82) is 0 Å². The van der Waals surface area contributed by atoms with E-state index < -0.39 is 0 Å². The molecule has 0 bridgehead atoms. The molecule has 3 heteroatoms. The number of benzene rings is 1. The highest BCUT2D eigenvalue weighted by atomic mass is 79.9. The van der Waals surface area contributed by atoms with Crippen molar-refractivity contribution in [3.8, 4) is 0 Å². The molecular formula is C12H15Br2N. The maximum absolute atomic E-state index is 3.61. The molecule has 1 nitrogen and oxygen atoms in total. The van der Waals surface area contributed by atoms with Crippen LogP contribution in [-0.4, -0.2) is 6.04 Å². The summed E-state index contributed by atoms with van der Waals surface area (Å²) in [7, 11) is 0. The maximum atomic E-state index is 3.61. The van der Waals surface area contributed by atoms with Crippen molar-refractivity contribution < 1.29 is 0 Å². The molecule has 1 aromatic rings. The Kier molecular flexibility index (Phi) is 3.73. The molecule has 1 aliphatic carbocycles. The Balaban J connectivity index is 2.10. The van der Waals surface area contributed by atoms with Crippen LogP contribution in [0, 0.1) is 5.92 Å². The van der Waals surface area contributed by atoms with Crippen LogP contribution in [0.1, 0.15) is 26.2 Å². The second kappa shape index (κ2) is 4.88. The monoisotopic (exact) mass is 331 g/mol. The first-order valence-electron chi connectivity index (χ1n) is 5.37. The van der Waals surface area contributed by atoms with Crippen molar-refractivity contribution in [1.82, 2.24) is 0 Å². The summed E-state index contributed by atoms with van der Waals surface area (Å²) in [5, 5.41) is 3.61. The summed E-state index contributed by atoms with van der Waals surface area (Å²) < 4.78 is 2.27. The van der Waals surface area contributed by atoms with E-state index in [1.54, 1.807) is 0 Å². The van der Waals surface area contributed by atoms with E-state index in [4.69, 9.17) is 0 Å². The van der Waals surface area contributed by atoms with Crippen LogP contribution in [0.25, 0.3) is 0 Å². The number of para-hydroxylation sites is 1. The van der Waals surface area contributed by atoms with E-state index in [9.17, 15) is 0 Å². The van der Waals surface area contributed by atoms with Crippen LogP contribution in [0.3, 0.4) is 0 Å². The second-order valence-corrected chi connectivity index (χ2v) is 6.06. The topological polar surface area (TPSA) is 12.0 Å². The fraction of sp³-hybridized carbons (Fsp3) is 0.500. The molecule has 1 saturated carbocycles. The largest absolute Gasteiger partial charge is 0.380 e. The molecule has 2 rings (SSSR count). The third kappa shape index (κ3) is 2.76. The van der Waals surface area contributed by atoms with E-state index in [0.29, 0.717) is 6.04 Å². The Morgan fingerprint density at radius 3 is 2.40 bits per heavy atom. The Morgan fingerprint density at radius 1 is 1.20 bits per heavy atom. The summed E-state index contributed by atoms with van der Waals surface area (Å²) in [6.45, 7) is 2.33. The minimum absolute atomic E-state index is 0.634. The Labute approximate surface area is 108 Å². The second-order valence-electron chi connectivity index (χ2n) is 4.36. The molecule has 2 unspecified atom stereocenters. The lowest BCUT2D eigenvalue weighted by Gasteiger charge is -2.16. The first-order chi connectivity index (χ1) is 7.16. The third-order valence-corrected chi connectivity index (χ3v) is 4.33. The van der Waals surface area contributed by atoms with Crippen LogP contribution in [-0.2, 0) is 0 Å². The highest BCUT2D eigenvalue weighted by Crippen LogP contribution is 2.34. The summed E-state index contributed by atoms with van der Waals surface area (Å²) in [5.74, 6) is 0.865. The smallest absolute Gasteiger partial charge is 0.0631 e. The standard InChI is InChI=1S/C12H15Br2N/c1-8-5-6-9(7-8)15-12-10(13)3-2-4-11(12)14/h2-4,8-9,15H,5-7H2,1H3. The summed E-state index contributed by atoms with van der Waals surface area (Å²) in [4.78, 5) is 0. The van der Waals surface area contributed by atoms with Gasteiger partial charge >= 0.3 is 0 Å². The quantitative estimate of drug-likeness (QED) is 0.819. The van der Waals surface area contributed by atoms with Gasteiger partial charge in [-0.3, -0.25) is 0 Å². The summed E-state index contributed by atoms with van der Waals surface area (Å²) in [5.41, 5.74) is 1.19. The zero-order valence-electron chi connectivity index (χ0n) is 8.76. The number of anilines is 1. The van der Waals surface area contributed by atoms with Crippen molar-refractivity contribution in [3.63, 3.8) is 0 Å². The van der Waals surface area contributed by atoms with E-state index in [1.165, 1.54) is 24.9 Å². The number of hydrogen-bond acceptors (Lipinski definition) is 1. The molecule has 0 aromatic heterocycles. The van der Waals surface area contributed by atoms with Crippen molar-refractivity contribution >= 4 is 37.5 Å². The predicted octanol–water partition coefficient (Wildman–Crippen LogP) is 4.81. The molecule has 0 aliphatic heterocycles. The Bertz CT molecular complexity index is 331. The highest BCUT2D eigenvalue weighted by molar-refractivity contribution is 9.11. The van der Waals surface area contributed by atoms with E-state index in [1.807, 2.05) is 6.07 Å². The average Bonchev–Trinajstić information content (AvgIpc) is 2.58. The van der Waals surface area contributed by atoms with Gasteiger partial charge in [0.2, 0.25) is 0 Å². The molecule has 2 atom stereocenters. The first kappa shape index (κ1) is 11.5. The van der Waals surface area contributed by atoms with Gasteiger partial charge < -0.3 is 5.32 Å². The fourth-order valence-corrected chi connectivity index (χ4v) is 3.41. The van der Waals surface area contributed by atoms with Crippen LogP contribution in [0.4, 0.5) is 5.69 Å². The average molecular weight is 333 g/mol. The molecule has 0 heterocycles. The summed E-state index contributed by atoms with van der Waals surface area (Å²) in [6, 6.07) is 6.82. The Hall–Kier alpha value is -0.0200. The lowest BCUT2D eigenvalue weighted by atomic mass is 10.1. The molecule has 0 amide bonds. The fourth-order valence-electron chi connectivity index (χ4n) is 2.18. The predicted molar refractivity (Wildman–Crippen MR) is 72.3 cm³/mol. The van der Waals surface area contributed by atoms with Gasteiger partial charge in [0.05, 0.1) is 5.69 Å². The van der Waals surface area contributed by atoms with Crippen LogP contribution in [0.15, 0.2) is 27.1 Å². The molecule has 15 heavy (non-hydrogen) atoms. The van der Waals surface area contributed by atoms with Crippen LogP contribution >= 0.6 is 31.9 Å². The lowest BCUT2D eigenvalue weighted by Crippen LogP contribution is -2.15. The Morgan fingerprint density at radius 2 is 1.87 bits per heavy atom. The van der Waals surface area contributed by atoms with Crippen molar-refractivity contribution in [3.05, 3.63) is 27.1 Å². The van der Waals surface area contributed by atoms with Gasteiger partial charge in [-0.15, -0.1) is 0 Å². The zero-order chi connectivity index (χ0) is 10.8. The molecule has 1 N–H and O–H groups in total. The molecule has 82 valence electrons. The van der Waals surface area contributed by atoms with Gasteiger partial charge in [-0.1, -0.05) is 13.0 Å². The van der Waals surface area contributed by atoms with Gasteiger partial charge in [0, 0.05) is 15.0 Å². The molecule has 0 saturated heterocycles. The molecule has 0 spiro atoms. The number of nitrogens with one attached hydrogen (secondary N) is 1. The minimum atomic E-state index is 0.634. The zero-order valence-corrected chi connectivity index (χ0v) is 11.9. The molecular weight excluding hydrogens is 318 g/mol. The van der Waals surface area contributed by atoms with Crippen LogP contribution < -0.4 is 5.32 Å². The minimum Gasteiger partial charge on any atom is -0.380 e. The number of halogens is 2. The SMILES string of the molecule is CC1CCC(Nc2c(Br)cccc2Br)C1. The third-order valence-electron chi connectivity index (χ3n) is 3.01. The van der Waals surface area contributed by atoms with Crippen molar-refractivity contribution in [2.45, 2.75) is 32.2 Å². The van der Waals surface area contributed by atoms with E-state index in [0.717, 1.165) is 14.9 Å². The van der Waals surface area contributed by atoms with Gasteiger partial charge in [-0.2, -0.15) is 0 Å². The van der Waals surface area contributed by atoms with Crippen LogP contribution in [0.2, 0.25) is 0 Å². The maximum Gasteiger partial charge on any atom is 0.0631 e. The number of rotatable bonds is 2. The molecule has 0 radical (unpaired) electrons. The molecule has 1 fully saturated rings. The van der Waals surface area contributed by atoms with Gasteiger partial charge in [0.1, 0.15) is 0 Å². The van der Waals surface area contributed by atoms with Gasteiger partial charge in [-0.05, 0) is 69.2 Å². The number of hydrogen-bond donors (Lipinski definition) is 1. The highest BCUT2D eigenvalue weighted by Gasteiger charge is 2.22. The molecule has 1 aromatic carbocycles. The van der Waals surface area contributed by atoms with Crippen LogP contribution in [0.5, 0.6) is 0 Å². The lowest BCUT2D eigenvalue weighted by molar-refractivity contribution is 0.602. The van der Waals surface area contributed by atoms with Gasteiger partial charge in [0.15, 0.2) is 0 Å². The van der Waals surface area contributed by atoms with E-state index in [2.05, 4.69) is 56.2 Å². The first-order valence-corrected chi connectivity index (χ1v) is 6.96. The van der Waals surface area contributed by atoms with Gasteiger partial charge in [-0.25, -0.2) is 0 Å². The van der Waals surface area contributed by atoms with Gasteiger partial charge in [0.25, 0.3) is 0 Å². The summed E-state index contributed by atoms with van der Waals surface area (Å²) in [6.07, 6.45) is 3.92. The summed E-state index contributed by atoms with van der Waals surface area (Å²) >= 11 is 7.15. The molecule has 1 aliphatic rings. The van der Waals surface area contributed by atoms with Crippen molar-refractivity contribution in [2.24, 2.45) is 5.92 Å². The van der Waals surface area contributed by atoms with E-state index >= 15 is 0 Å². The van der Waals surface area contributed by atoms with E-state index in [-0.39, 0.29) is 0 Å². The van der Waals surface area contributed by atoms with Crippen molar-refractivity contribution in [2.75, 3.05) is 5.32 Å². The normalized spacial score (nSPS) is 25.5.